The summed E-state index contributed by atoms with van der Waals surface area (Å²) in [5.41, 5.74) is 5.96. The normalized spacial score (nSPS) is 12.1. The highest BCUT2D eigenvalue weighted by molar-refractivity contribution is 7.80. The minimum Gasteiger partial charge on any atom is -0.342 e. The maximum absolute atomic E-state index is 5.03. The van der Waals surface area contributed by atoms with E-state index in [1.54, 1.807) is 0 Å². The maximum Gasteiger partial charge on any atom is 0.0634 e. The highest BCUT2D eigenvalue weighted by atomic mass is 31.1. The summed E-state index contributed by atoms with van der Waals surface area (Å²) in [5.74, 6) is 0. The first-order chi connectivity index (χ1) is 24.5. The lowest BCUT2D eigenvalue weighted by Crippen LogP contribution is -2.20. The van der Waals surface area contributed by atoms with Crippen LogP contribution in [0.25, 0.3) is 0 Å². The first-order valence-corrected chi connectivity index (χ1v) is 19.5. The second-order valence-corrected chi connectivity index (χ2v) is 16.5. The molecule has 0 aliphatic carbocycles. The molecule has 7 aromatic rings. The van der Waals surface area contributed by atoms with E-state index in [0.29, 0.717) is 0 Å². The minimum absolute atomic E-state index is 0.645. The molecular formula is C45H39N3P2. The summed E-state index contributed by atoms with van der Waals surface area (Å²) >= 11 is 0. The predicted molar refractivity (Wildman–Crippen MR) is 219 cm³/mol. The van der Waals surface area contributed by atoms with E-state index in [9.17, 15) is 0 Å². The van der Waals surface area contributed by atoms with Crippen molar-refractivity contribution in [1.29, 1.82) is 0 Å². The molecule has 244 valence electrons. The molecule has 0 unspecified atom stereocenters. The van der Waals surface area contributed by atoms with Crippen LogP contribution in [0, 0.1) is 0 Å². The van der Waals surface area contributed by atoms with Crippen LogP contribution < -0.4 is 31.8 Å². The van der Waals surface area contributed by atoms with Gasteiger partial charge in [-0.15, -0.1) is 0 Å². The van der Waals surface area contributed by atoms with Crippen molar-refractivity contribution in [2.75, 3.05) is 0 Å². The van der Waals surface area contributed by atoms with E-state index in [2.05, 4.69) is 207 Å². The molecule has 0 aliphatic rings. The SMILES string of the molecule is CC(=Nc1ccc(P(c2ccccc2)c2ccccc2)cc1)c1ccc(C(C)=Nc2ccc(P(c3ccccc3)c3ccccc3)cc2)n1C. The molecule has 0 bridgehead atoms. The summed E-state index contributed by atoms with van der Waals surface area (Å²) in [5, 5.41) is 7.99. The molecule has 5 heteroatoms. The van der Waals surface area contributed by atoms with Crippen molar-refractivity contribution in [3.63, 3.8) is 0 Å². The van der Waals surface area contributed by atoms with Gasteiger partial charge in [-0.05, 0) is 97.9 Å². The van der Waals surface area contributed by atoms with Gasteiger partial charge >= 0.3 is 0 Å². The predicted octanol–water partition coefficient (Wildman–Crippen LogP) is 8.82. The van der Waals surface area contributed by atoms with Crippen LogP contribution in [0.1, 0.15) is 25.2 Å². The second-order valence-electron chi connectivity index (χ2n) is 12.1. The van der Waals surface area contributed by atoms with Crippen LogP contribution >= 0.6 is 15.8 Å². The van der Waals surface area contributed by atoms with E-state index >= 15 is 0 Å². The third kappa shape index (κ3) is 7.51. The molecule has 0 spiro atoms. The average Bonchev–Trinajstić information content (AvgIpc) is 3.56. The van der Waals surface area contributed by atoms with E-state index < -0.39 is 15.8 Å². The summed E-state index contributed by atoms with van der Waals surface area (Å²) in [7, 11) is 0.802. The highest BCUT2D eigenvalue weighted by Crippen LogP contribution is 2.34. The summed E-state index contributed by atoms with van der Waals surface area (Å²) in [6.07, 6.45) is 0. The van der Waals surface area contributed by atoms with Crippen LogP contribution in [-0.4, -0.2) is 16.0 Å². The fourth-order valence-corrected chi connectivity index (χ4v) is 10.9. The van der Waals surface area contributed by atoms with Crippen molar-refractivity contribution in [3.8, 4) is 0 Å². The largest absolute Gasteiger partial charge is 0.342 e. The molecule has 0 atom stereocenters. The molecule has 0 radical (unpaired) electrons. The van der Waals surface area contributed by atoms with Gasteiger partial charge in [0.25, 0.3) is 0 Å². The number of hydrogen-bond donors (Lipinski definition) is 0. The lowest BCUT2D eigenvalue weighted by molar-refractivity contribution is 0.900. The third-order valence-electron chi connectivity index (χ3n) is 8.73. The van der Waals surface area contributed by atoms with Crippen LogP contribution in [0.5, 0.6) is 0 Å². The van der Waals surface area contributed by atoms with Gasteiger partial charge in [0.15, 0.2) is 0 Å². The van der Waals surface area contributed by atoms with Crippen molar-refractivity contribution >= 4 is 70.5 Å². The van der Waals surface area contributed by atoms with Gasteiger partial charge in [0, 0.05) is 7.05 Å². The number of aromatic nitrogens is 1. The van der Waals surface area contributed by atoms with Crippen molar-refractivity contribution in [1.82, 2.24) is 4.57 Å². The number of hydrogen-bond acceptors (Lipinski definition) is 2. The van der Waals surface area contributed by atoms with Crippen LogP contribution in [-0.2, 0) is 7.05 Å². The van der Waals surface area contributed by atoms with Gasteiger partial charge in [-0.25, -0.2) is 0 Å². The molecule has 0 N–H and O–H groups in total. The Morgan fingerprint density at radius 3 is 0.900 bits per heavy atom. The van der Waals surface area contributed by atoms with Gasteiger partial charge in [0.1, 0.15) is 0 Å². The van der Waals surface area contributed by atoms with Gasteiger partial charge in [-0.2, -0.15) is 0 Å². The number of nitrogens with zero attached hydrogens (tertiary/aromatic N) is 3. The zero-order valence-electron chi connectivity index (χ0n) is 28.6. The molecule has 6 aromatic carbocycles. The smallest absolute Gasteiger partial charge is 0.0634 e. The number of rotatable bonds is 10. The molecule has 0 aliphatic heterocycles. The molecule has 1 aromatic heterocycles. The van der Waals surface area contributed by atoms with Crippen LogP contribution in [0.15, 0.2) is 192 Å². The molecule has 0 amide bonds. The van der Waals surface area contributed by atoms with E-state index in [-0.39, 0.29) is 0 Å². The molecule has 1 heterocycles. The van der Waals surface area contributed by atoms with Crippen LogP contribution in [0.4, 0.5) is 11.4 Å². The van der Waals surface area contributed by atoms with Crippen LogP contribution in [0.2, 0.25) is 0 Å². The monoisotopic (exact) mass is 683 g/mol. The molecule has 0 saturated heterocycles. The lowest BCUT2D eigenvalue weighted by Gasteiger charge is -2.19. The third-order valence-corrected chi connectivity index (χ3v) is 13.6. The molecule has 7 rings (SSSR count). The van der Waals surface area contributed by atoms with Gasteiger partial charge in [0.2, 0.25) is 0 Å². The Balaban J connectivity index is 1.10. The summed E-state index contributed by atoms with van der Waals surface area (Å²) in [6, 6.07) is 65.0. The molecule has 0 saturated carbocycles. The Kier molecular flexibility index (Phi) is 10.4. The van der Waals surface area contributed by atoms with Crippen molar-refractivity contribution in [3.05, 3.63) is 193 Å². The number of benzene rings is 6. The van der Waals surface area contributed by atoms with E-state index in [1.165, 1.54) is 31.8 Å². The first kappa shape index (κ1) is 33.3. The highest BCUT2D eigenvalue weighted by Gasteiger charge is 2.18. The first-order valence-electron chi connectivity index (χ1n) is 16.8. The zero-order chi connectivity index (χ0) is 34.3. The summed E-state index contributed by atoms with van der Waals surface area (Å²) in [6.45, 7) is 4.16. The van der Waals surface area contributed by atoms with Crippen molar-refractivity contribution in [2.45, 2.75) is 13.8 Å². The van der Waals surface area contributed by atoms with Crippen molar-refractivity contribution in [2.24, 2.45) is 17.0 Å². The fraction of sp³-hybridized carbons (Fsp3) is 0.0667. The summed E-state index contributed by atoms with van der Waals surface area (Å²) in [4.78, 5) is 10.1. The average molecular weight is 684 g/mol. The molecular weight excluding hydrogens is 644 g/mol. The molecule has 3 nitrogen and oxygen atoms in total. The van der Waals surface area contributed by atoms with Gasteiger partial charge < -0.3 is 4.57 Å². The minimum atomic E-state index is -0.645. The Labute approximate surface area is 298 Å². The van der Waals surface area contributed by atoms with E-state index in [0.717, 1.165) is 34.2 Å². The topological polar surface area (TPSA) is 29.6 Å². The zero-order valence-corrected chi connectivity index (χ0v) is 30.3. The molecule has 0 fully saturated rings. The second kappa shape index (κ2) is 15.6. The Bertz CT molecular complexity index is 1970. The Morgan fingerprint density at radius 2 is 0.620 bits per heavy atom. The standard InChI is InChI=1S/C45H39N3P2/c1-34(46-36-24-28-42(29-25-36)49(38-16-8-4-9-17-38)39-18-10-5-11-19-39)44-32-33-45(48(44)3)35(2)47-37-26-30-43(31-27-37)50(40-20-12-6-13-21-40)41-22-14-7-15-23-41/h4-33H,1-3H3. The van der Waals surface area contributed by atoms with Gasteiger partial charge in [-0.1, -0.05) is 146 Å². The fourth-order valence-electron chi connectivity index (χ4n) is 6.29. The van der Waals surface area contributed by atoms with E-state index in [4.69, 9.17) is 9.98 Å². The maximum atomic E-state index is 5.03. The Morgan fingerprint density at radius 1 is 0.360 bits per heavy atom. The van der Waals surface area contributed by atoms with Crippen molar-refractivity contribution < 1.29 is 0 Å². The quantitative estimate of drug-likeness (QED) is 0.102. The van der Waals surface area contributed by atoms with Gasteiger partial charge in [0.05, 0.1) is 34.2 Å². The molecule has 50 heavy (non-hydrogen) atoms. The lowest BCUT2D eigenvalue weighted by atomic mass is 10.2. The van der Waals surface area contributed by atoms with Gasteiger partial charge in [-0.3, -0.25) is 9.98 Å². The summed E-state index contributed by atoms with van der Waals surface area (Å²) < 4.78 is 2.19. The van der Waals surface area contributed by atoms with E-state index in [1.807, 2.05) is 0 Å². The Hall–Kier alpha value is -5.20. The number of aliphatic imine (C=N–C) groups is 2. The van der Waals surface area contributed by atoms with Crippen LogP contribution in [0.3, 0.4) is 0 Å².